The quantitative estimate of drug-likeness (QED) is 0.526. The van der Waals surface area contributed by atoms with Crippen LogP contribution in [0.1, 0.15) is 40.0 Å². The Morgan fingerprint density at radius 3 is 2.07 bits per heavy atom. The molecule has 2 aromatic rings. The van der Waals surface area contributed by atoms with Crippen LogP contribution in [0.3, 0.4) is 0 Å². The second kappa shape index (κ2) is 7.65. The molecule has 3 nitrogen and oxygen atoms in total. The number of carbonyl (C=O) groups excluding carboxylic acids is 1. The van der Waals surface area contributed by atoms with Crippen LogP contribution in [0.4, 0.5) is 39.5 Å². The Bertz CT molecular complexity index is 891. The molecule has 0 amide bonds. The molecule has 1 unspecified atom stereocenters. The highest BCUT2D eigenvalue weighted by molar-refractivity contribution is 5.95. The molecule has 0 saturated carbocycles. The topological polar surface area (TPSA) is 56.0 Å². The Balaban J connectivity index is 2.44. The molecule has 1 aromatic carbocycles. The van der Waals surface area contributed by atoms with Crippen molar-refractivity contribution in [2.75, 3.05) is 0 Å². The van der Waals surface area contributed by atoms with Gasteiger partial charge in [-0.25, -0.2) is 13.2 Å². The molecule has 29 heavy (non-hydrogen) atoms. The van der Waals surface area contributed by atoms with Crippen molar-refractivity contribution in [1.82, 2.24) is 4.98 Å². The summed E-state index contributed by atoms with van der Waals surface area (Å²) >= 11 is 0. The smallest absolute Gasteiger partial charge is 0.313 e. The van der Waals surface area contributed by atoms with Gasteiger partial charge < -0.3 is 5.73 Å². The van der Waals surface area contributed by atoms with Crippen molar-refractivity contribution in [3.63, 3.8) is 0 Å². The van der Waals surface area contributed by atoms with Gasteiger partial charge in [-0.05, 0) is 24.3 Å². The summed E-state index contributed by atoms with van der Waals surface area (Å²) < 4.78 is 118. The molecule has 0 aliphatic carbocycles. The van der Waals surface area contributed by atoms with Crippen molar-refractivity contribution in [3.8, 4) is 0 Å². The molecule has 0 fully saturated rings. The zero-order chi connectivity index (χ0) is 22.2. The summed E-state index contributed by atoms with van der Waals surface area (Å²) in [6.45, 7) is 0. The van der Waals surface area contributed by atoms with Gasteiger partial charge in [-0.1, -0.05) is 6.07 Å². The van der Waals surface area contributed by atoms with E-state index in [4.69, 9.17) is 5.73 Å². The number of hydrogen-bond acceptors (Lipinski definition) is 3. The molecular formula is C17H11F9N2O. The van der Waals surface area contributed by atoms with Gasteiger partial charge in [0, 0.05) is 23.7 Å². The van der Waals surface area contributed by atoms with E-state index in [9.17, 15) is 44.3 Å². The van der Waals surface area contributed by atoms with Crippen LogP contribution in [-0.4, -0.2) is 16.9 Å². The van der Waals surface area contributed by atoms with Crippen LogP contribution in [-0.2, 0) is 11.7 Å². The Hall–Kier alpha value is -2.63. The first kappa shape index (κ1) is 22.7. The maximum Gasteiger partial charge on any atom is 0.416 e. The number of alkyl halides is 8. The first-order valence-electron chi connectivity index (χ1n) is 7.67. The van der Waals surface area contributed by atoms with Crippen LogP contribution in [0.5, 0.6) is 0 Å². The monoisotopic (exact) mass is 430 g/mol. The SMILES string of the molecule is NC(CC(=O)c1ccc(C(F)F)cn1)(c1ccc(C(F)(F)F)cc1F)C(F)(F)F. The summed E-state index contributed by atoms with van der Waals surface area (Å²) in [7, 11) is 0. The molecule has 2 rings (SSSR count). The summed E-state index contributed by atoms with van der Waals surface area (Å²) in [4.78, 5) is 15.5. The van der Waals surface area contributed by atoms with Crippen LogP contribution in [0.25, 0.3) is 0 Å². The van der Waals surface area contributed by atoms with Crippen molar-refractivity contribution in [3.05, 3.63) is 64.7 Å². The molecule has 0 spiro atoms. The number of nitrogens with zero attached hydrogens (tertiary/aromatic N) is 1. The fourth-order valence-corrected chi connectivity index (χ4v) is 2.44. The molecular weight excluding hydrogens is 419 g/mol. The maximum atomic E-state index is 14.1. The summed E-state index contributed by atoms with van der Waals surface area (Å²) in [5, 5.41) is 0. The van der Waals surface area contributed by atoms with E-state index >= 15 is 0 Å². The number of ketones is 1. The van der Waals surface area contributed by atoms with Gasteiger partial charge in [0.25, 0.3) is 6.43 Å². The summed E-state index contributed by atoms with van der Waals surface area (Å²) in [5.74, 6) is -3.28. The largest absolute Gasteiger partial charge is 0.416 e. The average Bonchev–Trinajstić information content (AvgIpc) is 2.59. The highest BCUT2D eigenvalue weighted by Crippen LogP contribution is 2.42. The second-order valence-corrected chi connectivity index (χ2v) is 6.04. The lowest BCUT2D eigenvalue weighted by molar-refractivity contribution is -0.189. The summed E-state index contributed by atoms with van der Waals surface area (Å²) in [6, 6.07) is 1.74. The van der Waals surface area contributed by atoms with E-state index in [1.165, 1.54) is 0 Å². The van der Waals surface area contributed by atoms with E-state index in [0.717, 1.165) is 12.1 Å². The summed E-state index contributed by atoms with van der Waals surface area (Å²) in [6.07, 6.45) is -14.4. The lowest BCUT2D eigenvalue weighted by Gasteiger charge is -2.32. The van der Waals surface area contributed by atoms with Crippen molar-refractivity contribution in [2.45, 2.75) is 30.7 Å². The molecule has 1 aromatic heterocycles. The maximum absolute atomic E-state index is 14.1. The van der Waals surface area contributed by atoms with E-state index in [-0.39, 0.29) is 18.2 Å². The van der Waals surface area contributed by atoms with Crippen molar-refractivity contribution in [2.24, 2.45) is 5.73 Å². The zero-order valence-electron chi connectivity index (χ0n) is 14.1. The van der Waals surface area contributed by atoms with Gasteiger partial charge in [0.2, 0.25) is 0 Å². The Morgan fingerprint density at radius 2 is 1.66 bits per heavy atom. The van der Waals surface area contributed by atoms with E-state index in [0.29, 0.717) is 6.20 Å². The molecule has 0 saturated heterocycles. The lowest BCUT2D eigenvalue weighted by atomic mass is 9.83. The van der Waals surface area contributed by atoms with Crippen molar-refractivity contribution >= 4 is 5.78 Å². The summed E-state index contributed by atoms with van der Waals surface area (Å²) in [5.41, 5.74) is -2.59. The number of rotatable bonds is 5. The lowest BCUT2D eigenvalue weighted by Crippen LogP contribution is -2.52. The van der Waals surface area contributed by atoms with Gasteiger partial charge in [-0.15, -0.1) is 0 Å². The molecule has 0 aliphatic heterocycles. The third-order valence-electron chi connectivity index (χ3n) is 4.05. The number of Topliss-reactive ketones (excluding diaryl/α,β-unsaturated/α-hetero) is 1. The molecule has 1 atom stereocenters. The van der Waals surface area contributed by atoms with Crippen LogP contribution in [0.2, 0.25) is 0 Å². The first-order chi connectivity index (χ1) is 13.2. The van der Waals surface area contributed by atoms with Crippen LogP contribution < -0.4 is 5.73 Å². The Labute approximate surface area is 157 Å². The van der Waals surface area contributed by atoms with Crippen molar-refractivity contribution < 1.29 is 44.3 Å². The average molecular weight is 430 g/mol. The van der Waals surface area contributed by atoms with Gasteiger partial charge in [-0.3, -0.25) is 9.78 Å². The number of nitrogens with two attached hydrogens (primary N) is 1. The van der Waals surface area contributed by atoms with E-state index in [1.54, 1.807) is 0 Å². The van der Waals surface area contributed by atoms with Crippen LogP contribution in [0, 0.1) is 5.82 Å². The third kappa shape index (κ3) is 4.69. The Morgan fingerprint density at radius 1 is 1.03 bits per heavy atom. The van der Waals surface area contributed by atoms with E-state index in [1.807, 2.05) is 0 Å². The molecule has 158 valence electrons. The Kier molecular flexibility index (Phi) is 5.98. The minimum atomic E-state index is -5.44. The number of hydrogen-bond donors (Lipinski definition) is 1. The number of benzene rings is 1. The second-order valence-electron chi connectivity index (χ2n) is 6.04. The van der Waals surface area contributed by atoms with Gasteiger partial charge in [0.15, 0.2) is 5.78 Å². The third-order valence-corrected chi connectivity index (χ3v) is 4.05. The van der Waals surface area contributed by atoms with Crippen LogP contribution >= 0.6 is 0 Å². The van der Waals surface area contributed by atoms with Gasteiger partial charge >= 0.3 is 12.4 Å². The number of halogens is 9. The van der Waals surface area contributed by atoms with Gasteiger partial charge in [0.05, 0.1) is 5.56 Å². The van der Waals surface area contributed by atoms with Crippen LogP contribution in [0.15, 0.2) is 36.5 Å². The molecule has 0 radical (unpaired) electrons. The number of pyridine rings is 1. The minimum Gasteiger partial charge on any atom is -0.313 e. The zero-order valence-corrected chi connectivity index (χ0v) is 14.1. The normalized spacial score (nSPS) is 14.7. The number of aromatic nitrogens is 1. The van der Waals surface area contributed by atoms with Crippen molar-refractivity contribution in [1.29, 1.82) is 0 Å². The van der Waals surface area contributed by atoms with Gasteiger partial charge in [0.1, 0.15) is 17.1 Å². The van der Waals surface area contributed by atoms with Gasteiger partial charge in [-0.2, -0.15) is 26.3 Å². The highest BCUT2D eigenvalue weighted by atomic mass is 19.4. The molecule has 0 aliphatic rings. The standard InChI is InChI=1S/C17H11F9N2O/c18-11-5-9(16(21,22)23)2-3-10(11)15(27,17(24,25)26)6-13(29)12-4-1-8(7-28-12)14(19)20/h1-5,7,14H,6,27H2. The predicted molar refractivity (Wildman–Crippen MR) is 81.5 cm³/mol. The highest BCUT2D eigenvalue weighted by Gasteiger charge is 2.55. The number of carbonyl (C=O) groups is 1. The first-order valence-corrected chi connectivity index (χ1v) is 7.67. The minimum absolute atomic E-state index is 0.164. The molecule has 1 heterocycles. The van der Waals surface area contributed by atoms with E-state index in [2.05, 4.69) is 4.98 Å². The fourth-order valence-electron chi connectivity index (χ4n) is 2.44. The molecule has 0 bridgehead atoms. The molecule has 2 N–H and O–H groups in total. The molecule has 12 heteroatoms. The van der Waals surface area contributed by atoms with E-state index < -0.39 is 64.7 Å². The predicted octanol–water partition coefficient (Wildman–Crippen LogP) is 5.17. The fraction of sp³-hybridized carbons (Fsp3) is 0.294.